The molecule has 140 valence electrons. The number of hydrogen-bond donors (Lipinski definition) is 1. The summed E-state index contributed by atoms with van der Waals surface area (Å²) in [7, 11) is 0. The van der Waals surface area contributed by atoms with Gasteiger partial charge < -0.3 is 4.90 Å². The van der Waals surface area contributed by atoms with Gasteiger partial charge in [-0.1, -0.05) is 24.3 Å². The number of para-hydroxylation sites is 1. The van der Waals surface area contributed by atoms with E-state index in [9.17, 15) is 4.79 Å². The van der Waals surface area contributed by atoms with Crippen LogP contribution in [0.3, 0.4) is 0 Å². The van der Waals surface area contributed by atoms with E-state index in [0.717, 1.165) is 53.2 Å². The molecular weight excluding hydrogens is 388 g/mol. The Labute approximate surface area is 170 Å². The summed E-state index contributed by atoms with van der Waals surface area (Å²) < 4.78 is 0. The molecule has 1 aliphatic heterocycles. The first kappa shape index (κ1) is 17.3. The van der Waals surface area contributed by atoms with Crippen LogP contribution in [0, 0.1) is 0 Å². The SMILES string of the molecule is O=C(Nc1nc(-c2cccs2)cs1)c1cc2ccccc2nc1N1CCCC1. The molecule has 4 heterocycles. The summed E-state index contributed by atoms with van der Waals surface area (Å²) in [6.45, 7) is 1.87. The molecular formula is C21H18N4OS2. The van der Waals surface area contributed by atoms with Crippen LogP contribution < -0.4 is 10.2 Å². The average molecular weight is 407 g/mol. The highest BCUT2D eigenvalue weighted by atomic mass is 32.1. The third-order valence-electron chi connectivity index (χ3n) is 4.85. The molecule has 0 aliphatic carbocycles. The van der Waals surface area contributed by atoms with Gasteiger partial charge in [-0.25, -0.2) is 9.97 Å². The van der Waals surface area contributed by atoms with Crippen molar-refractivity contribution in [1.29, 1.82) is 0 Å². The lowest BCUT2D eigenvalue weighted by Crippen LogP contribution is -2.24. The number of pyridine rings is 1. The molecule has 1 aliphatic rings. The van der Waals surface area contributed by atoms with E-state index in [0.29, 0.717) is 10.7 Å². The van der Waals surface area contributed by atoms with Gasteiger partial charge in [0.1, 0.15) is 5.82 Å². The molecule has 0 atom stereocenters. The molecule has 1 amide bonds. The van der Waals surface area contributed by atoms with Crippen molar-refractivity contribution in [2.24, 2.45) is 0 Å². The summed E-state index contributed by atoms with van der Waals surface area (Å²) >= 11 is 3.08. The maximum absolute atomic E-state index is 13.1. The lowest BCUT2D eigenvalue weighted by Gasteiger charge is -2.20. The number of rotatable bonds is 4. The van der Waals surface area contributed by atoms with Gasteiger partial charge >= 0.3 is 0 Å². The number of thiophene rings is 1. The fraction of sp³-hybridized carbons (Fsp3) is 0.190. The van der Waals surface area contributed by atoms with Gasteiger partial charge in [-0.3, -0.25) is 10.1 Å². The van der Waals surface area contributed by atoms with Crippen LogP contribution >= 0.6 is 22.7 Å². The van der Waals surface area contributed by atoms with Gasteiger partial charge in [-0.05, 0) is 36.4 Å². The standard InChI is InChI=1S/C21H18N4OS2/c26-20(24-21-23-17(13-28-21)18-8-5-11-27-18)15-12-14-6-1-2-7-16(14)22-19(15)25-9-3-4-10-25/h1-2,5-8,11-13H,3-4,9-10H2,(H,23,24,26). The minimum atomic E-state index is -0.160. The van der Waals surface area contributed by atoms with Crippen LogP contribution in [0.2, 0.25) is 0 Å². The zero-order chi connectivity index (χ0) is 18.9. The van der Waals surface area contributed by atoms with Crippen LogP contribution in [0.4, 0.5) is 10.9 Å². The molecule has 0 spiro atoms. The van der Waals surface area contributed by atoms with Gasteiger partial charge in [0, 0.05) is 23.9 Å². The van der Waals surface area contributed by atoms with E-state index >= 15 is 0 Å². The van der Waals surface area contributed by atoms with Crippen molar-refractivity contribution in [2.75, 3.05) is 23.3 Å². The predicted molar refractivity (Wildman–Crippen MR) is 117 cm³/mol. The number of benzene rings is 1. The fourth-order valence-corrected chi connectivity index (χ4v) is 4.94. The maximum Gasteiger partial charge on any atom is 0.261 e. The second kappa shape index (κ2) is 7.33. The van der Waals surface area contributed by atoms with Gasteiger partial charge in [-0.15, -0.1) is 22.7 Å². The van der Waals surface area contributed by atoms with Crippen molar-refractivity contribution >= 4 is 50.4 Å². The highest BCUT2D eigenvalue weighted by Crippen LogP contribution is 2.30. The Bertz CT molecular complexity index is 1130. The van der Waals surface area contributed by atoms with Gasteiger partial charge in [0.05, 0.1) is 21.7 Å². The van der Waals surface area contributed by atoms with E-state index in [1.807, 2.05) is 53.2 Å². The molecule has 1 aromatic carbocycles. The topological polar surface area (TPSA) is 58.1 Å². The van der Waals surface area contributed by atoms with Crippen molar-refractivity contribution in [1.82, 2.24) is 9.97 Å². The fourth-order valence-electron chi connectivity index (χ4n) is 3.48. The molecule has 0 unspecified atom stereocenters. The van der Waals surface area contributed by atoms with Gasteiger partial charge in [0.25, 0.3) is 5.91 Å². The second-order valence-electron chi connectivity index (χ2n) is 6.72. The number of carbonyl (C=O) groups excluding carboxylic acids is 1. The summed E-state index contributed by atoms with van der Waals surface area (Å²) in [5.74, 6) is 0.607. The predicted octanol–water partition coefficient (Wildman–Crippen LogP) is 5.27. The normalized spacial score (nSPS) is 13.9. The number of carbonyl (C=O) groups is 1. The first-order valence-corrected chi connectivity index (χ1v) is 11.0. The smallest absolute Gasteiger partial charge is 0.261 e. The molecule has 0 saturated carbocycles. The van der Waals surface area contributed by atoms with E-state index in [-0.39, 0.29) is 5.91 Å². The molecule has 0 bridgehead atoms. The van der Waals surface area contributed by atoms with Crippen LogP contribution in [0.5, 0.6) is 0 Å². The zero-order valence-corrected chi connectivity index (χ0v) is 16.7. The molecule has 3 aromatic heterocycles. The van der Waals surface area contributed by atoms with E-state index in [4.69, 9.17) is 4.98 Å². The molecule has 5 rings (SSSR count). The van der Waals surface area contributed by atoms with Gasteiger partial charge in [0.15, 0.2) is 5.13 Å². The van der Waals surface area contributed by atoms with E-state index < -0.39 is 0 Å². The zero-order valence-electron chi connectivity index (χ0n) is 15.1. The Kier molecular flexibility index (Phi) is 4.54. The van der Waals surface area contributed by atoms with Crippen LogP contribution in [0.1, 0.15) is 23.2 Å². The van der Waals surface area contributed by atoms with E-state index in [2.05, 4.69) is 15.2 Å². The van der Waals surface area contributed by atoms with E-state index in [1.54, 1.807) is 11.3 Å². The Morgan fingerprint density at radius 2 is 1.89 bits per heavy atom. The third-order valence-corrected chi connectivity index (χ3v) is 6.50. The Morgan fingerprint density at radius 1 is 1.04 bits per heavy atom. The highest BCUT2D eigenvalue weighted by Gasteiger charge is 2.22. The first-order chi connectivity index (χ1) is 13.8. The first-order valence-electron chi connectivity index (χ1n) is 9.23. The number of nitrogens with zero attached hydrogens (tertiary/aromatic N) is 3. The summed E-state index contributed by atoms with van der Waals surface area (Å²) in [5, 5.41) is 8.55. The molecule has 1 N–H and O–H groups in total. The average Bonchev–Trinajstić information content (AvgIpc) is 3.49. The van der Waals surface area contributed by atoms with Crippen molar-refractivity contribution in [2.45, 2.75) is 12.8 Å². The maximum atomic E-state index is 13.1. The molecule has 0 radical (unpaired) electrons. The summed E-state index contributed by atoms with van der Waals surface area (Å²) in [6.07, 6.45) is 2.26. The number of nitrogens with one attached hydrogen (secondary N) is 1. The number of fused-ring (bicyclic) bond motifs is 1. The lowest BCUT2D eigenvalue weighted by atomic mass is 10.1. The minimum absolute atomic E-state index is 0.160. The molecule has 5 nitrogen and oxygen atoms in total. The quantitative estimate of drug-likeness (QED) is 0.501. The van der Waals surface area contributed by atoms with Crippen molar-refractivity contribution in [3.05, 3.63) is 58.8 Å². The van der Waals surface area contributed by atoms with Crippen LogP contribution in [0.15, 0.2) is 53.2 Å². The Balaban J connectivity index is 1.49. The van der Waals surface area contributed by atoms with Gasteiger partial charge in [-0.2, -0.15) is 0 Å². The molecule has 4 aromatic rings. The number of thiazole rings is 1. The summed E-state index contributed by atoms with van der Waals surface area (Å²) in [6, 6.07) is 13.9. The van der Waals surface area contributed by atoms with Crippen LogP contribution in [0.25, 0.3) is 21.5 Å². The number of anilines is 2. The van der Waals surface area contributed by atoms with E-state index in [1.165, 1.54) is 11.3 Å². The van der Waals surface area contributed by atoms with Crippen LogP contribution in [-0.2, 0) is 0 Å². The van der Waals surface area contributed by atoms with Crippen molar-refractivity contribution in [3.63, 3.8) is 0 Å². The number of hydrogen-bond acceptors (Lipinski definition) is 6. The summed E-state index contributed by atoms with van der Waals surface area (Å²) in [4.78, 5) is 25.8. The van der Waals surface area contributed by atoms with Gasteiger partial charge in [0.2, 0.25) is 0 Å². The monoisotopic (exact) mass is 406 g/mol. The van der Waals surface area contributed by atoms with Crippen molar-refractivity contribution < 1.29 is 4.79 Å². The second-order valence-corrected chi connectivity index (χ2v) is 8.52. The number of aromatic nitrogens is 2. The Morgan fingerprint density at radius 3 is 2.71 bits per heavy atom. The molecule has 28 heavy (non-hydrogen) atoms. The van der Waals surface area contributed by atoms with Crippen LogP contribution in [-0.4, -0.2) is 29.0 Å². The summed E-state index contributed by atoms with van der Waals surface area (Å²) in [5.41, 5.74) is 2.41. The Hall–Kier alpha value is -2.77. The minimum Gasteiger partial charge on any atom is -0.356 e. The number of amides is 1. The lowest BCUT2D eigenvalue weighted by molar-refractivity contribution is 0.102. The largest absolute Gasteiger partial charge is 0.356 e. The molecule has 1 fully saturated rings. The highest BCUT2D eigenvalue weighted by molar-refractivity contribution is 7.16. The van der Waals surface area contributed by atoms with Crippen molar-refractivity contribution in [3.8, 4) is 10.6 Å². The molecule has 7 heteroatoms. The third kappa shape index (κ3) is 3.27. The molecule has 1 saturated heterocycles.